The molecule has 2 aromatic rings. The quantitative estimate of drug-likeness (QED) is 0.534. The highest BCUT2D eigenvalue weighted by atomic mass is 16.5. The van der Waals surface area contributed by atoms with E-state index >= 15 is 0 Å². The summed E-state index contributed by atoms with van der Waals surface area (Å²) in [6, 6.07) is 12.7. The number of carbonyl (C=O) groups excluding carboxylic acids is 3. The number of amides is 2. The largest absolute Gasteiger partial charge is 0.465 e. The molecule has 0 radical (unpaired) electrons. The Morgan fingerprint density at radius 3 is 2.68 bits per heavy atom. The van der Waals surface area contributed by atoms with Crippen LogP contribution in [0.1, 0.15) is 58.2 Å². The summed E-state index contributed by atoms with van der Waals surface area (Å²) in [5.41, 5.74) is 8.80. The monoisotopic (exact) mass is 522 g/mol. The molecule has 0 saturated carbocycles. The fourth-order valence-corrected chi connectivity index (χ4v) is 4.41. The maximum atomic E-state index is 13.4. The van der Waals surface area contributed by atoms with Crippen LogP contribution in [0.25, 0.3) is 0 Å². The number of nitrogens with one attached hydrogen (secondary N) is 1. The smallest absolute Gasteiger partial charge is 0.315 e. The first-order valence-electron chi connectivity index (χ1n) is 13.1. The van der Waals surface area contributed by atoms with Crippen molar-refractivity contribution in [1.29, 1.82) is 0 Å². The first-order valence-corrected chi connectivity index (χ1v) is 13.1. The number of esters is 1. The summed E-state index contributed by atoms with van der Waals surface area (Å²) >= 11 is 0. The molecule has 0 bridgehead atoms. The predicted octanol–water partition coefficient (Wildman–Crippen LogP) is 3.78. The highest BCUT2D eigenvalue weighted by Crippen LogP contribution is 2.30. The summed E-state index contributed by atoms with van der Waals surface area (Å²) in [6.07, 6.45) is -0.936. The molecule has 2 amide bonds. The van der Waals surface area contributed by atoms with Gasteiger partial charge < -0.3 is 25.4 Å². The van der Waals surface area contributed by atoms with Crippen LogP contribution < -0.4 is 16.0 Å². The van der Waals surface area contributed by atoms with E-state index < -0.39 is 17.4 Å². The topological polar surface area (TPSA) is 123 Å². The minimum atomic E-state index is -0.936. The van der Waals surface area contributed by atoms with Gasteiger partial charge in [0, 0.05) is 23.5 Å². The molecule has 2 heterocycles. The number of aliphatic imine (C=N–C) groups is 1. The van der Waals surface area contributed by atoms with Crippen LogP contribution in [0.5, 0.6) is 0 Å². The summed E-state index contributed by atoms with van der Waals surface area (Å²) in [6.45, 7) is 12.4. The Morgan fingerprint density at radius 2 is 1.97 bits per heavy atom. The van der Waals surface area contributed by atoms with Crippen LogP contribution in [-0.2, 0) is 35.8 Å². The van der Waals surface area contributed by atoms with Crippen molar-refractivity contribution in [2.24, 2.45) is 16.6 Å². The molecule has 1 fully saturated rings. The van der Waals surface area contributed by atoms with Gasteiger partial charge in [0.15, 0.2) is 0 Å². The van der Waals surface area contributed by atoms with Crippen molar-refractivity contribution in [3.05, 3.63) is 59.2 Å². The van der Waals surface area contributed by atoms with Crippen LogP contribution in [0.2, 0.25) is 0 Å². The summed E-state index contributed by atoms with van der Waals surface area (Å²) in [4.78, 5) is 44.7. The van der Waals surface area contributed by atoms with Crippen LogP contribution >= 0.6 is 0 Å². The number of nitrogens with zero attached hydrogens (tertiary/aromatic N) is 2. The van der Waals surface area contributed by atoms with Gasteiger partial charge in [-0.3, -0.25) is 19.4 Å². The Labute approximate surface area is 224 Å². The molecule has 2 aromatic carbocycles. The first-order chi connectivity index (χ1) is 18.1. The average molecular weight is 523 g/mol. The van der Waals surface area contributed by atoms with Crippen molar-refractivity contribution in [1.82, 2.24) is 0 Å². The van der Waals surface area contributed by atoms with E-state index in [2.05, 4.69) is 10.3 Å². The average Bonchev–Trinajstić information content (AvgIpc) is 3.29. The van der Waals surface area contributed by atoms with E-state index in [-0.39, 0.29) is 24.4 Å². The van der Waals surface area contributed by atoms with Gasteiger partial charge in [-0.05, 0) is 62.2 Å². The summed E-state index contributed by atoms with van der Waals surface area (Å²) in [5, 5.41) is 2.88. The van der Waals surface area contributed by atoms with E-state index in [1.807, 2.05) is 50.2 Å². The molecule has 1 saturated heterocycles. The van der Waals surface area contributed by atoms with Crippen molar-refractivity contribution in [2.75, 3.05) is 30.0 Å². The lowest BCUT2D eigenvalue weighted by Gasteiger charge is -2.35. The van der Waals surface area contributed by atoms with Crippen LogP contribution in [0.4, 0.5) is 11.4 Å². The number of fused-ring (bicyclic) bond motifs is 1. The third-order valence-electron chi connectivity index (χ3n) is 6.72. The minimum absolute atomic E-state index is 0.287. The zero-order chi connectivity index (χ0) is 28.0. The molecule has 0 aliphatic carbocycles. The standard InChI is InChI=1S/C27H32N4O5.C2H6/c1-5-35-26(34)27(3,4)18-7-6-8-20(14-18)31-11-12-36-22(25(31)33)16(2)24(32)30-19-9-10-21-17(13-19)15-29-23(21)28;1-2/h6-10,13-14,16,22H,5,11-12,15H2,1-4H3,(H2,28,29)(H,30,32);1-2H3/t16?,22-;/m1./s1. The van der Waals surface area contributed by atoms with E-state index in [1.165, 1.54) is 0 Å². The van der Waals surface area contributed by atoms with Crippen molar-refractivity contribution in [3.63, 3.8) is 0 Å². The van der Waals surface area contributed by atoms with E-state index in [0.29, 0.717) is 36.9 Å². The second-order valence-electron chi connectivity index (χ2n) is 9.53. The number of benzene rings is 2. The normalized spacial score (nSPS) is 17.5. The van der Waals surface area contributed by atoms with Gasteiger partial charge in [0.25, 0.3) is 5.91 Å². The third kappa shape index (κ3) is 5.88. The molecule has 0 aromatic heterocycles. The fraction of sp³-hybridized carbons (Fsp3) is 0.448. The number of hydrogen-bond donors (Lipinski definition) is 2. The SMILES string of the molecule is CC.CCOC(=O)C(C)(C)c1cccc(N2CCO[C@H](C(C)C(=O)Nc3ccc4c(c3)CN=C4N)C2=O)c1. The predicted molar refractivity (Wildman–Crippen MR) is 148 cm³/mol. The summed E-state index contributed by atoms with van der Waals surface area (Å²) < 4.78 is 11.0. The summed E-state index contributed by atoms with van der Waals surface area (Å²) in [5.74, 6) is -1.19. The second-order valence-corrected chi connectivity index (χ2v) is 9.53. The molecule has 2 atom stereocenters. The van der Waals surface area contributed by atoms with Gasteiger partial charge >= 0.3 is 5.97 Å². The molecule has 38 heavy (non-hydrogen) atoms. The molecule has 9 heteroatoms. The van der Waals surface area contributed by atoms with E-state index in [4.69, 9.17) is 15.2 Å². The van der Waals surface area contributed by atoms with Crippen LogP contribution in [-0.4, -0.2) is 49.5 Å². The van der Waals surface area contributed by atoms with Gasteiger partial charge in [-0.2, -0.15) is 0 Å². The zero-order valence-corrected chi connectivity index (χ0v) is 23.0. The highest BCUT2D eigenvalue weighted by molar-refractivity contribution is 6.04. The summed E-state index contributed by atoms with van der Waals surface area (Å²) in [7, 11) is 0. The number of hydrogen-bond acceptors (Lipinski definition) is 7. The molecular weight excluding hydrogens is 484 g/mol. The van der Waals surface area contributed by atoms with Gasteiger partial charge in [-0.15, -0.1) is 0 Å². The van der Waals surface area contributed by atoms with Crippen molar-refractivity contribution in [3.8, 4) is 0 Å². The molecule has 1 unspecified atom stereocenters. The van der Waals surface area contributed by atoms with Crippen molar-refractivity contribution in [2.45, 2.75) is 59.6 Å². The maximum absolute atomic E-state index is 13.4. The molecule has 2 aliphatic rings. The lowest BCUT2D eigenvalue weighted by molar-refractivity contribution is -0.148. The number of nitrogens with two attached hydrogens (primary N) is 1. The Bertz CT molecular complexity index is 1220. The van der Waals surface area contributed by atoms with Crippen molar-refractivity contribution >= 4 is 35.0 Å². The molecule has 4 rings (SSSR count). The van der Waals surface area contributed by atoms with E-state index in [9.17, 15) is 14.4 Å². The molecular formula is C29H38N4O5. The van der Waals surface area contributed by atoms with E-state index in [0.717, 1.165) is 16.7 Å². The number of rotatable bonds is 7. The molecule has 0 spiro atoms. The van der Waals surface area contributed by atoms with Crippen LogP contribution in [0, 0.1) is 5.92 Å². The number of ether oxygens (including phenoxy) is 2. The molecule has 2 aliphatic heterocycles. The van der Waals surface area contributed by atoms with Crippen molar-refractivity contribution < 1.29 is 23.9 Å². The second kappa shape index (κ2) is 12.2. The zero-order valence-electron chi connectivity index (χ0n) is 23.0. The van der Waals surface area contributed by atoms with Gasteiger partial charge in [0.05, 0.1) is 31.1 Å². The number of anilines is 2. The number of carbonyl (C=O) groups is 3. The number of amidine groups is 1. The lowest BCUT2D eigenvalue weighted by atomic mass is 9.84. The maximum Gasteiger partial charge on any atom is 0.315 e. The Balaban J connectivity index is 0.00000195. The Hall–Kier alpha value is -3.72. The lowest BCUT2D eigenvalue weighted by Crippen LogP contribution is -2.52. The molecule has 3 N–H and O–H groups in total. The molecule has 9 nitrogen and oxygen atoms in total. The fourth-order valence-electron chi connectivity index (χ4n) is 4.41. The van der Waals surface area contributed by atoms with Gasteiger partial charge in [-0.25, -0.2) is 0 Å². The Kier molecular flexibility index (Phi) is 9.27. The first kappa shape index (κ1) is 28.8. The van der Waals surface area contributed by atoms with Crippen LogP contribution in [0.15, 0.2) is 47.5 Å². The van der Waals surface area contributed by atoms with Gasteiger partial charge in [0.1, 0.15) is 11.9 Å². The third-order valence-corrected chi connectivity index (χ3v) is 6.72. The highest BCUT2D eigenvalue weighted by Gasteiger charge is 2.39. The van der Waals surface area contributed by atoms with Crippen LogP contribution in [0.3, 0.4) is 0 Å². The molecule has 204 valence electrons. The minimum Gasteiger partial charge on any atom is -0.465 e. The van der Waals surface area contributed by atoms with E-state index in [1.54, 1.807) is 38.7 Å². The van der Waals surface area contributed by atoms with Gasteiger partial charge in [-0.1, -0.05) is 32.9 Å². The Morgan fingerprint density at radius 1 is 1.24 bits per heavy atom. The number of morpholine rings is 1. The van der Waals surface area contributed by atoms with Gasteiger partial charge in [0.2, 0.25) is 5.91 Å².